The van der Waals surface area contributed by atoms with Crippen LogP contribution in [-0.4, -0.2) is 14.3 Å². The standard InChI is InChI=1S/C7H10.C6H14O2Si/c1-2-7-4-3-6(1)5-7;1-5-9(3,4)8-6(2)7/h1-2,6-7H,3-5H2;5H2,1-4H3. The van der Waals surface area contributed by atoms with Gasteiger partial charge in [-0.15, -0.1) is 0 Å². The van der Waals surface area contributed by atoms with Crippen molar-refractivity contribution in [1.29, 1.82) is 0 Å². The molecule has 92 valence electrons. The third kappa shape index (κ3) is 4.52. The highest BCUT2D eigenvalue weighted by Crippen LogP contribution is 2.38. The summed E-state index contributed by atoms with van der Waals surface area (Å²) in [4.78, 5) is 10.4. The first kappa shape index (κ1) is 13.5. The Labute approximate surface area is 100 Å². The summed E-state index contributed by atoms with van der Waals surface area (Å²) in [6.07, 6.45) is 9.19. The molecule has 0 aromatic rings. The van der Waals surface area contributed by atoms with Crippen LogP contribution in [0.3, 0.4) is 0 Å². The number of carbonyl (C=O) groups excluding carboxylic acids is 1. The lowest BCUT2D eigenvalue weighted by atomic mass is 10.1. The maximum atomic E-state index is 10.4. The van der Waals surface area contributed by atoms with Crippen LogP contribution in [0.25, 0.3) is 0 Å². The zero-order valence-corrected chi connectivity index (χ0v) is 12.0. The van der Waals surface area contributed by atoms with Gasteiger partial charge in [0.2, 0.25) is 8.32 Å². The average molecular weight is 240 g/mol. The molecule has 0 heterocycles. The van der Waals surface area contributed by atoms with Crippen molar-refractivity contribution in [3.63, 3.8) is 0 Å². The fraction of sp³-hybridized carbons (Fsp3) is 0.769. The minimum absolute atomic E-state index is 0.145. The second kappa shape index (κ2) is 5.67. The summed E-state index contributed by atoms with van der Waals surface area (Å²) in [7, 11) is -1.59. The van der Waals surface area contributed by atoms with Gasteiger partial charge in [0.1, 0.15) is 0 Å². The predicted octanol–water partition coefficient (Wildman–Crippen LogP) is 3.75. The van der Waals surface area contributed by atoms with E-state index in [0.29, 0.717) is 0 Å². The highest BCUT2D eigenvalue weighted by molar-refractivity contribution is 6.72. The van der Waals surface area contributed by atoms with Crippen molar-refractivity contribution in [3.8, 4) is 0 Å². The minimum Gasteiger partial charge on any atom is -0.520 e. The Morgan fingerprint density at radius 3 is 1.94 bits per heavy atom. The maximum absolute atomic E-state index is 10.4. The Bertz CT molecular complexity index is 259. The lowest BCUT2D eigenvalue weighted by Gasteiger charge is -2.18. The molecular weight excluding hydrogens is 216 g/mol. The van der Waals surface area contributed by atoms with Crippen LogP contribution in [0.1, 0.15) is 33.1 Å². The molecule has 2 nitrogen and oxygen atoms in total. The van der Waals surface area contributed by atoms with Gasteiger partial charge < -0.3 is 4.43 Å². The molecule has 2 atom stereocenters. The summed E-state index contributed by atoms with van der Waals surface area (Å²) < 4.78 is 5.09. The molecular formula is C13H24O2Si. The molecule has 0 spiro atoms. The summed E-state index contributed by atoms with van der Waals surface area (Å²) in [6.45, 7) is 7.59. The molecule has 2 unspecified atom stereocenters. The lowest BCUT2D eigenvalue weighted by Crippen LogP contribution is -2.31. The Hall–Kier alpha value is -0.573. The molecule has 16 heavy (non-hydrogen) atoms. The summed E-state index contributed by atoms with van der Waals surface area (Å²) in [6, 6.07) is 0.993. The van der Waals surface area contributed by atoms with Crippen LogP contribution in [0.2, 0.25) is 19.1 Å². The summed E-state index contributed by atoms with van der Waals surface area (Å²) >= 11 is 0. The Morgan fingerprint density at radius 1 is 1.31 bits per heavy atom. The number of allylic oxidation sites excluding steroid dienone is 2. The Morgan fingerprint density at radius 2 is 1.81 bits per heavy atom. The second-order valence-corrected chi connectivity index (χ2v) is 9.86. The smallest absolute Gasteiger partial charge is 0.289 e. The van der Waals surface area contributed by atoms with E-state index < -0.39 is 8.32 Å². The van der Waals surface area contributed by atoms with Gasteiger partial charge >= 0.3 is 0 Å². The predicted molar refractivity (Wildman–Crippen MR) is 69.7 cm³/mol. The highest BCUT2D eigenvalue weighted by atomic mass is 28.4. The van der Waals surface area contributed by atoms with Gasteiger partial charge in [-0.25, -0.2) is 0 Å². The van der Waals surface area contributed by atoms with Crippen LogP contribution in [0.5, 0.6) is 0 Å². The van der Waals surface area contributed by atoms with Crippen LogP contribution in [0, 0.1) is 11.8 Å². The van der Waals surface area contributed by atoms with Gasteiger partial charge in [-0.1, -0.05) is 19.1 Å². The topological polar surface area (TPSA) is 26.3 Å². The van der Waals surface area contributed by atoms with Crippen molar-refractivity contribution in [1.82, 2.24) is 0 Å². The summed E-state index contributed by atoms with van der Waals surface area (Å²) in [5, 5.41) is 0. The van der Waals surface area contributed by atoms with E-state index >= 15 is 0 Å². The molecule has 1 fully saturated rings. The van der Waals surface area contributed by atoms with Crippen LogP contribution >= 0.6 is 0 Å². The van der Waals surface area contributed by atoms with Crippen molar-refractivity contribution in [3.05, 3.63) is 12.2 Å². The van der Waals surface area contributed by atoms with Crippen molar-refractivity contribution >= 4 is 14.3 Å². The van der Waals surface area contributed by atoms with Gasteiger partial charge in [0.15, 0.2) is 0 Å². The third-order valence-corrected chi connectivity index (χ3v) is 5.98. The number of hydrogen-bond acceptors (Lipinski definition) is 2. The molecule has 2 bridgehead atoms. The van der Waals surface area contributed by atoms with E-state index in [1.165, 1.54) is 26.2 Å². The first-order chi connectivity index (χ1) is 7.43. The number of fused-ring (bicyclic) bond motifs is 2. The van der Waals surface area contributed by atoms with Crippen LogP contribution in [-0.2, 0) is 9.22 Å². The van der Waals surface area contributed by atoms with Gasteiger partial charge in [-0.2, -0.15) is 0 Å². The highest BCUT2D eigenvalue weighted by Gasteiger charge is 2.25. The zero-order chi connectivity index (χ0) is 12.2. The summed E-state index contributed by atoms with van der Waals surface area (Å²) in [5.74, 6) is 1.84. The van der Waals surface area contributed by atoms with E-state index in [-0.39, 0.29) is 5.97 Å². The number of carbonyl (C=O) groups is 1. The molecule has 0 aromatic heterocycles. The molecule has 2 aliphatic rings. The van der Waals surface area contributed by atoms with E-state index in [9.17, 15) is 4.79 Å². The molecule has 1 saturated carbocycles. The van der Waals surface area contributed by atoms with Crippen LogP contribution in [0.15, 0.2) is 12.2 Å². The Balaban J connectivity index is 0.000000163. The van der Waals surface area contributed by atoms with Crippen molar-refractivity contribution in [2.75, 3.05) is 0 Å². The van der Waals surface area contributed by atoms with Gasteiger partial charge in [-0.3, -0.25) is 4.79 Å². The van der Waals surface area contributed by atoms with E-state index in [1.54, 1.807) is 0 Å². The normalized spacial score (nSPS) is 26.2. The summed E-state index contributed by atoms with van der Waals surface area (Å²) in [5.41, 5.74) is 0. The molecule has 3 heteroatoms. The Kier molecular flexibility index (Phi) is 4.78. The quantitative estimate of drug-likeness (QED) is 0.543. The molecule has 2 aliphatic carbocycles. The zero-order valence-electron chi connectivity index (χ0n) is 11.0. The van der Waals surface area contributed by atoms with Gasteiger partial charge in [0.05, 0.1) is 0 Å². The van der Waals surface area contributed by atoms with Gasteiger partial charge in [0, 0.05) is 6.92 Å². The lowest BCUT2D eigenvalue weighted by molar-refractivity contribution is -0.132. The number of hydrogen-bond donors (Lipinski definition) is 0. The first-order valence-corrected chi connectivity index (χ1v) is 9.42. The molecule has 0 aromatic carbocycles. The maximum Gasteiger partial charge on any atom is 0.289 e. The van der Waals surface area contributed by atoms with Crippen molar-refractivity contribution in [2.45, 2.75) is 52.2 Å². The third-order valence-electron chi connectivity index (χ3n) is 3.44. The van der Waals surface area contributed by atoms with Gasteiger partial charge in [0.25, 0.3) is 5.97 Å². The fourth-order valence-corrected chi connectivity index (χ4v) is 3.10. The molecule has 0 amide bonds. The molecule has 0 saturated heterocycles. The average Bonchev–Trinajstić information content (AvgIpc) is 2.80. The van der Waals surface area contributed by atoms with Crippen molar-refractivity contribution in [2.24, 2.45) is 11.8 Å². The van der Waals surface area contributed by atoms with E-state index in [1.807, 2.05) is 13.1 Å². The van der Waals surface area contributed by atoms with Crippen LogP contribution in [0.4, 0.5) is 0 Å². The largest absolute Gasteiger partial charge is 0.520 e. The molecule has 0 radical (unpaired) electrons. The second-order valence-electron chi connectivity index (χ2n) is 5.43. The van der Waals surface area contributed by atoms with Gasteiger partial charge in [-0.05, 0) is 50.2 Å². The number of rotatable bonds is 2. The van der Waals surface area contributed by atoms with Crippen LogP contribution < -0.4 is 0 Å². The van der Waals surface area contributed by atoms with E-state index in [0.717, 1.165) is 17.9 Å². The van der Waals surface area contributed by atoms with E-state index in [4.69, 9.17) is 4.43 Å². The monoisotopic (exact) mass is 240 g/mol. The van der Waals surface area contributed by atoms with E-state index in [2.05, 4.69) is 19.1 Å². The SMILES string of the molecule is C1=CC2CCC1C2.CC[Si](C)(C)OC(C)=O. The molecule has 0 N–H and O–H groups in total. The molecule has 2 rings (SSSR count). The molecule has 0 aliphatic heterocycles. The fourth-order valence-electron chi connectivity index (χ4n) is 2.18. The van der Waals surface area contributed by atoms with Crippen molar-refractivity contribution < 1.29 is 9.22 Å². The minimum atomic E-state index is -1.59. The first-order valence-electron chi connectivity index (χ1n) is 6.31.